The Labute approximate surface area is 162 Å². The van der Waals surface area contributed by atoms with Gasteiger partial charge in [0.05, 0.1) is 0 Å². The van der Waals surface area contributed by atoms with Gasteiger partial charge in [-0.05, 0) is 62.5 Å². The van der Waals surface area contributed by atoms with Crippen LogP contribution >= 0.6 is 0 Å². The monoisotopic (exact) mass is 368 g/mol. The second-order valence-corrected chi connectivity index (χ2v) is 9.19. The van der Waals surface area contributed by atoms with Crippen LogP contribution in [0.15, 0.2) is 24.4 Å². The third kappa shape index (κ3) is 3.90. The summed E-state index contributed by atoms with van der Waals surface area (Å²) in [6.45, 7) is 6.95. The highest BCUT2D eigenvalue weighted by Crippen LogP contribution is 2.36. The third-order valence-corrected chi connectivity index (χ3v) is 7.20. The molecule has 0 spiro atoms. The van der Waals surface area contributed by atoms with Gasteiger partial charge >= 0.3 is 0 Å². The molecule has 0 aromatic carbocycles. The van der Waals surface area contributed by atoms with Crippen LogP contribution in [-0.2, 0) is 0 Å². The van der Waals surface area contributed by atoms with Crippen LogP contribution in [0.4, 0.5) is 0 Å². The molecule has 0 N–H and O–H groups in total. The maximum atomic E-state index is 12.6. The molecule has 2 atom stereocenters. The largest absolute Gasteiger partial charge is 0.337 e. The molecule has 5 nitrogen and oxygen atoms in total. The molecule has 1 amide bonds. The minimum Gasteiger partial charge on any atom is -0.337 e. The zero-order valence-corrected chi connectivity index (χ0v) is 16.3. The first-order chi connectivity index (χ1) is 13.3. The van der Waals surface area contributed by atoms with Crippen molar-refractivity contribution in [3.63, 3.8) is 0 Å². The first-order valence-electron chi connectivity index (χ1n) is 10.9. The fraction of sp³-hybridized carbons (Fsp3) is 0.727. The van der Waals surface area contributed by atoms with E-state index < -0.39 is 0 Å². The molecule has 1 saturated carbocycles. The van der Waals surface area contributed by atoms with Crippen LogP contribution in [0, 0.1) is 11.8 Å². The van der Waals surface area contributed by atoms with Gasteiger partial charge < -0.3 is 4.90 Å². The second kappa shape index (κ2) is 7.51. The number of piperidine rings is 2. The Morgan fingerprint density at radius 3 is 2.56 bits per heavy atom. The number of likely N-dealkylation sites (tertiary alicyclic amines) is 1. The average molecular weight is 369 g/mol. The minimum atomic E-state index is 0.0978. The summed E-state index contributed by atoms with van der Waals surface area (Å²) < 4.78 is 0. The lowest BCUT2D eigenvalue weighted by Crippen LogP contribution is -2.49. The van der Waals surface area contributed by atoms with Gasteiger partial charge in [0.1, 0.15) is 5.69 Å². The van der Waals surface area contributed by atoms with E-state index in [9.17, 15) is 4.79 Å². The highest BCUT2D eigenvalue weighted by Gasteiger charge is 2.39. The van der Waals surface area contributed by atoms with E-state index in [1.54, 1.807) is 6.20 Å². The van der Waals surface area contributed by atoms with Crippen molar-refractivity contribution < 1.29 is 4.79 Å². The number of aromatic nitrogens is 1. The predicted molar refractivity (Wildman–Crippen MR) is 106 cm³/mol. The van der Waals surface area contributed by atoms with Gasteiger partial charge in [-0.3, -0.25) is 19.6 Å². The van der Waals surface area contributed by atoms with E-state index in [2.05, 4.69) is 14.8 Å². The Bertz CT molecular complexity index is 654. The topological polar surface area (TPSA) is 39.7 Å². The Kier molecular flexibility index (Phi) is 4.91. The van der Waals surface area contributed by atoms with E-state index in [0.717, 1.165) is 43.8 Å². The molecule has 5 heteroatoms. The minimum absolute atomic E-state index is 0.0978. The van der Waals surface area contributed by atoms with Crippen LogP contribution in [0.5, 0.6) is 0 Å². The Morgan fingerprint density at radius 1 is 0.963 bits per heavy atom. The van der Waals surface area contributed by atoms with Crippen LogP contribution in [-0.4, -0.2) is 76.9 Å². The first kappa shape index (κ1) is 17.6. The fourth-order valence-corrected chi connectivity index (χ4v) is 5.45. The van der Waals surface area contributed by atoms with Crippen LogP contribution in [0.25, 0.3) is 0 Å². The summed E-state index contributed by atoms with van der Waals surface area (Å²) in [5.74, 6) is 1.95. The molecule has 1 aromatic heterocycles. The summed E-state index contributed by atoms with van der Waals surface area (Å²) in [4.78, 5) is 24.5. The van der Waals surface area contributed by atoms with Crippen molar-refractivity contribution in [1.29, 1.82) is 0 Å². The highest BCUT2D eigenvalue weighted by molar-refractivity contribution is 5.92. The van der Waals surface area contributed by atoms with Crippen molar-refractivity contribution >= 4 is 5.91 Å². The van der Waals surface area contributed by atoms with Crippen molar-refractivity contribution in [2.75, 3.05) is 39.3 Å². The van der Waals surface area contributed by atoms with E-state index >= 15 is 0 Å². The van der Waals surface area contributed by atoms with Gasteiger partial charge in [-0.25, -0.2) is 0 Å². The molecule has 6 rings (SSSR count). The van der Waals surface area contributed by atoms with Gasteiger partial charge in [-0.15, -0.1) is 0 Å². The molecule has 0 radical (unpaired) electrons. The molecule has 5 fully saturated rings. The number of pyridine rings is 1. The summed E-state index contributed by atoms with van der Waals surface area (Å²) in [6, 6.07) is 7.02. The lowest BCUT2D eigenvalue weighted by atomic mass is 9.95. The number of rotatable bonds is 4. The van der Waals surface area contributed by atoms with Crippen molar-refractivity contribution in [3.05, 3.63) is 30.1 Å². The fourth-order valence-electron chi connectivity index (χ4n) is 5.45. The highest BCUT2D eigenvalue weighted by atomic mass is 16.2. The van der Waals surface area contributed by atoms with E-state index in [0.29, 0.717) is 11.7 Å². The van der Waals surface area contributed by atoms with Crippen molar-refractivity contribution in [3.8, 4) is 0 Å². The lowest BCUT2D eigenvalue weighted by Gasteiger charge is -2.39. The molecule has 5 heterocycles. The Hall–Kier alpha value is -1.46. The maximum Gasteiger partial charge on any atom is 0.272 e. The zero-order chi connectivity index (χ0) is 18.2. The van der Waals surface area contributed by atoms with Gasteiger partial charge in [0, 0.05) is 57.5 Å². The van der Waals surface area contributed by atoms with Crippen LogP contribution in [0.2, 0.25) is 0 Å². The molecular formula is C22H32N4O. The van der Waals surface area contributed by atoms with Gasteiger partial charge in [0.2, 0.25) is 0 Å². The second-order valence-electron chi connectivity index (χ2n) is 9.19. The predicted octanol–water partition coefficient (Wildman–Crippen LogP) is 2.49. The van der Waals surface area contributed by atoms with Crippen molar-refractivity contribution in [1.82, 2.24) is 19.7 Å². The molecule has 5 aliphatic rings. The number of carbonyl (C=O) groups is 1. The summed E-state index contributed by atoms with van der Waals surface area (Å²) in [5.41, 5.74) is 0.583. The van der Waals surface area contributed by atoms with E-state index in [1.165, 1.54) is 51.9 Å². The van der Waals surface area contributed by atoms with Gasteiger partial charge in [0.25, 0.3) is 5.91 Å². The number of hydrogen-bond donors (Lipinski definition) is 0. The molecule has 2 bridgehead atoms. The van der Waals surface area contributed by atoms with Crippen LogP contribution in [0.1, 0.15) is 49.0 Å². The maximum absolute atomic E-state index is 12.6. The molecule has 4 saturated heterocycles. The molecule has 1 aromatic rings. The Morgan fingerprint density at radius 2 is 1.81 bits per heavy atom. The number of hydrogen-bond acceptors (Lipinski definition) is 4. The molecule has 1 aliphatic carbocycles. The van der Waals surface area contributed by atoms with Crippen LogP contribution < -0.4 is 0 Å². The first-order valence-corrected chi connectivity index (χ1v) is 10.9. The van der Waals surface area contributed by atoms with Gasteiger partial charge in [0.15, 0.2) is 0 Å². The third-order valence-electron chi connectivity index (χ3n) is 7.20. The quantitative estimate of drug-likeness (QED) is 0.819. The SMILES string of the molecule is O=C(c1ccccn1)N1CCC(N2C[C@@H]3CC[C@H](C2)N(CC2CC2)C3)CC1. The standard InChI is InChI=1S/C22H32N4O/c27-22(21-3-1-2-10-23-21)24-11-8-19(9-12-24)26-15-18-6-7-20(16-26)25(14-18)13-17-4-5-17/h1-3,10,17-20H,4-9,11-16H2/t18-,20-/m1/s1. The lowest BCUT2D eigenvalue weighted by molar-refractivity contribution is 0.0598. The number of nitrogens with zero attached hydrogens (tertiary/aromatic N) is 4. The molecule has 4 aliphatic heterocycles. The molecule has 146 valence electrons. The molecule has 27 heavy (non-hydrogen) atoms. The Balaban J connectivity index is 1.18. The molecule has 0 unspecified atom stereocenters. The summed E-state index contributed by atoms with van der Waals surface area (Å²) in [7, 11) is 0. The van der Waals surface area contributed by atoms with E-state index in [1.807, 2.05) is 23.1 Å². The van der Waals surface area contributed by atoms with Gasteiger partial charge in [-0.2, -0.15) is 0 Å². The summed E-state index contributed by atoms with van der Waals surface area (Å²) in [6.07, 6.45) is 9.66. The van der Waals surface area contributed by atoms with E-state index in [4.69, 9.17) is 0 Å². The summed E-state index contributed by atoms with van der Waals surface area (Å²) >= 11 is 0. The van der Waals surface area contributed by atoms with E-state index in [-0.39, 0.29) is 5.91 Å². The number of fused-ring (bicyclic) bond motifs is 4. The number of amides is 1. The smallest absolute Gasteiger partial charge is 0.272 e. The average Bonchev–Trinajstić information content (AvgIpc) is 3.56. The zero-order valence-electron chi connectivity index (χ0n) is 16.3. The van der Waals surface area contributed by atoms with Crippen molar-refractivity contribution in [2.45, 2.75) is 50.6 Å². The van der Waals surface area contributed by atoms with Crippen LogP contribution in [0.3, 0.4) is 0 Å². The number of carbonyl (C=O) groups excluding carboxylic acids is 1. The normalized spacial score (nSPS) is 30.4. The van der Waals surface area contributed by atoms with Gasteiger partial charge in [-0.1, -0.05) is 6.07 Å². The summed E-state index contributed by atoms with van der Waals surface area (Å²) in [5, 5.41) is 0. The molecular weight excluding hydrogens is 336 g/mol. The van der Waals surface area contributed by atoms with Crippen molar-refractivity contribution in [2.24, 2.45) is 11.8 Å².